The minimum atomic E-state index is 0.128. The van der Waals surface area contributed by atoms with Gasteiger partial charge in [0, 0.05) is 0 Å². The highest BCUT2D eigenvalue weighted by Crippen LogP contribution is 2.46. The topological polar surface area (TPSA) is 26.3 Å². The molecule has 2 aliphatic carbocycles. The Morgan fingerprint density at radius 3 is 2.40 bits per heavy atom. The van der Waals surface area contributed by atoms with E-state index >= 15 is 0 Å². The van der Waals surface area contributed by atoms with Crippen LogP contribution in [0.15, 0.2) is 0 Å². The van der Waals surface area contributed by atoms with Gasteiger partial charge in [-0.1, -0.05) is 19.3 Å². The molecular weight excluding hydrogens is 188 g/mol. The molecule has 0 spiro atoms. The van der Waals surface area contributed by atoms with Crippen molar-refractivity contribution in [2.45, 2.75) is 57.5 Å². The summed E-state index contributed by atoms with van der Waals surface area (Å²) in [6.07, 6.45) is 10.2. The fourth-order valence-electron chi connectivity index (χ4n) is 3.96. The van der Waals surface area contributed by atoms with Crippen molar-refractivity contribution in [2.75, 3.05) is 0 Å². The summed E-state index contributed by atoms with van der Waals surface area (Å²) in [7, 11) is 0. The molecule has 15 heavy (non-hydrogen) atoms. The quantitative estimate of drug-likeness (QED) is 0.572. The lowest BCUT2D eigenvalue weighted by atomic mass is 9.65. The average molecular weight is 208 g/mol. The molecule has 1 saturated heterocycles. The summed E-state index contributed by atoms with van der Waals surface area (Å²) in [5.41, 5.74) is 0. The van der Waals surface area contributed by atoms with E-state index in [9.17, 15) is 4.79 Å². The Morgan fingerprint density at radius 2 is 1.53 bits per heavy atom. The van der Waals surface area contributed by atoms with Crippen molar-refractivity contribution in [3.8, 4) is 0 Å². The summed E-state index contributed by atoms with van der Waals surface area (Å²) < 4.78 is 5.62. The molecule has 0 aromatic heterocycles. The third-order valence-electron chi connectivity index (χ3n) is 4.69. The van der Waals surface area contributed by atoms with E-state index in [0.29, 0.717) is 11.8 Å². The largest absolute Gasteiger partial charge is 0.462 e. The Kier molecular flexibility index (Phi) is 2.45. The molecule has 84 valence electrons. The zero-order chi connectivity index (χ0) is 10.3. The highest BCUT2D eigenvalue weighted by molar-refractivity contribution is 5.74. The zero-order valence-electron chi connectivity index (χ0n) is 9.28. The molecule has 2 heteroatoms. The van der Waals surface area contributed by atoms with Gasteiger partial charge in [-0.2, -0.15) is 0 Å². The second-order valence-corrected chi connectivity index (χ2v) is 5.48. The van der Waals surface area contributed by atoms with E-state index in [-0.39, 0.29) is 18.0 Å². The molecule has 2 nitrogen and oxygen atoms in total. The second kappa shape index (κ2) is 3.80. The molecule has 0 radical (unpaired) electrons. The molecule has 0 amide bonds. The van der Waals surface area contributed by atoms with Gasteiger partial charge >= 0.3 is 5.97 Å². The molecule has 0 N–H and O–H groups in total. The molecule has 0 bridgehead atoms. The first kappa shape index (κ1) is 9.68. The minimum absolute atomic E-state index is 0.128. The van der Waals surface area contributed by atoms with Crippen molar-refractivity contribution in [3.05, 3.63) is 0 Å². The van der Waals surface area contributed by atoms with E-state index in [1.165, 1.54) is 38.5 Å². The van der Waals surface area contributed by atoms with Crippen LogP contribution in [0.3, 0.4) is 0 Å². The van der Waals surface area contributed by atoms with Gasteiger partial charge < -0.3 is 4.74 Å². The van der Waals surface area contributed by atoms with E-state index in [2.05, 4.69) is 0 Å². The number of hydrogen-bond donors (Lipinski definition) is 0. The minimum Gasteiger partial charge on any atom is -0.462 e. The van der Waals surface area contributed by atoms with Gasteiger partial charge in [0.05, 0.1) is 5.92 Å². The first-order valence-corrected chi connectivity index (χ1v) is 6.57. The molecule has 3 aliphatic rings. The van der Waals surface area contributed by atoms with Gasteiger partial charge in [0.1, 0.15) is 6.10 Å². The van der Waals surface area contributed by atoms with Crippen LogP contribution in [0.25, 0.3) is 0 Å². The number of esters is 1. The van der Waals surface area contributed by atoms with Gasteiger partial charge in [-0.15, -0.1) is 0 Å². The van der Waals surface area contributed by atoms with Crippen LogP contribution in [0, 0.1) is 17.8 Å². The fraction of sp³-hybridized carbons (Fsp3) is 0.923. The number of ether oxygens (including phenoxy) is 1. The molecule has 3 fully saturated rings. The van der Waals surface area contributed by atoms with E-state index in [0.717, 1.165) is 12.8 Å². The molecule has 1 heterocycles. The van der Waals surface area contributed by atoms with Crippen molar-refractivity contribution in [2.24, 2.45) is 17.8 Å². The van der Waals surface area contributed by atoms with E-state index in [1.54, 1.807) is 0 Å². The highest BCUT2D eigenvalue weighted by atomic mass is 16.5. The Hall–Kier alpha value is -0.530. The summed E-state index contributed by atoms with van der Waals surface area (Å²) in [6.45, 7) is 0. The molecular formula is C13H20O2. The molecule has 3 rings (SSSR count). The van der Waals surface area contributed by atoms with Crippen molar-refractivity contribution < 1.29 is 9.53 Å². The third kappa shape index (κ3) is 1.58. The molecule has 2 saturated carbocycles. The summed E-state index contributed by atoms with van der Waals surface area (Å²) >= 11 is 0. The van der Waals surface area contributed by atoms with Gasteiger partial charge in [-0.25, -0.2) is 0 Å². The Bertz CT molecular complexity index is 261. The van der Waals surface area contributed by atoms with Crippen molar-refractivity contribution in [1.82, 2.24) is 0 Å². The standard InChI is InChI=1S/C13H20O2/c14-13-11-7-2-1-5-9(11)10-6-3-4-8-12(10)15-13/h9-12H,1-8H2. The van der Waals surface area contributed by atoms with Gasteiger partial charge in [-0.3, -0.25) is 4.79 Å². The maximum absolute atomic E-state index is 11.9. The van der Waals surface area contributed by atoms with Crippen LogP contribution in [0.2, 0.25) is 0 Å². The van der Waals surface area contributed by atoms with Crippen LogP contribution in [0.4, 0.5) is 0 Å². The summed E-state index contributed by atoms with van der Waals surface area (Å²) in [5.74, 6) is 1.77. The lowest BCUT2D eigenvalue weighted by molar-refractivity contribution is -0.179. The highest BCUT2D eigenvalue weighted by Gasteiger charge is 2.46. The number of carbonyl (C=O) groups excluding carboxylic acids is 1. The van der Waals surface area contributed by atoms with Crippen LogP contribution in [-0.4, -0.2) is 12.1 Å². The maximum atomic E-state index is 11.9. The fourth-order valence-corrected chi connectivity index (χ4v) is 3.96. The summed E-state index contributed by atoms with van der Waals surface area (Å²) in [6, 6.07) is 0. The normalized spacial score (nSPS) is 45.2. The van der Waals surface area contributed by atoms with Crippen LogP contribution < -0.4 is 0 Å². The SMILES string of the molecule is O=C1OC2CCCCC2C2CCCCC12. The number of carbonyl (C=O) groups is 1. The Labute approximate surface area is 91.4 Å². The molecule has 4 atom stereocenters. The van der Waals surface area contributed by atoms with Crippen LogP contribution in [0.5, 0.6) is 0 Å². The van der Waals surface area contributed by atoms with E-state index < -0.39 is 0 Å². The number of hydrogen-bond acceptors (Lipinski definition) is 2. The maximum Gasteiger partial charge on any atom is 0.309 e. The van der Waals surface area contributed by atoms with Crippen LogP contribution in [0.1, 0.15) is 51.4 Å². The predicted octanol–water partition coefficient (Wildman–Crippen LogP) is 2.91. The van der Waals surface area contributed by atoms with Crippen molar-refractivity contribution in [1.29, 1.82) is 0 Å². The third-order valence-corrected chi connectivity index (χ3v) is 4.69. The average Bonchev–Trinajstić information content (AvgIpc) is 2.30. The first-order valence-electron chi connectivity index (χ1n) is 6.57. The van der Waals surface area contributed by atoms with Gasteiger partial charge in [0.2, 0.25) is 0 Å². The van der Waals surface area contributed by atoms with Gasteiger partial charge in [0.25, 0.3) is 0 Å². The summed E-state index contributed by atoms with van der Waals surface area (Å²) in [4.78, 5) is 11.9. The molecule has 0 aromatic rings. The molecule has 4 unspecified atom stereocenters. The van der Waals surface area contributed by atoms with Crippen molar-refractivity contribution >= 4 is 5.97 Å². The Balaban J connectivity index is 1.82. The predicted molar refractivity (Wildman–Crippen MR) is 57.3 cm³/mol. The van der Waals surface area contributed by atoms with E-state index in [4.69, 9.17) is 4.74 Å². The van der Waals surface area contributed by atoms with Crippen molar-refractivity contribution in [3.63, 3.8) is 0 Å². The van der Waals surface area contributed by atoms with Crippen LogP contribution >= 0.6 is 0 Å². The van der Waals surface area contributed by atoms with Crippen LogP contribution in [-0.2, 0) is 9.53 Å². The zero-order valence-corrected chi connectivity index (χ0v) is 9.28. The Morgan fingerprint density at radius 1 is 0.867 bits per heavy atom. The first-order chi connectivity index (χ1) is 7.36. The smallest absolute Gasteiger partial charge is 0.309 e. The lowest BCUT2D eigenvalue weighted by Crippen LogP contribution is -2.47. The molecule has 1 aliphatic heterocycles. The molecule has 0 aromatic carbocycles. The monoisotopic (exact) mass is 208 g/mol. The number of fused-ring (bicyclic) bond motifs is 3. The van der Waals surface area contributed by atoms with E-state index in [1.807, 2.05) is 0 Å². The number of rotatable bonds is 0. The van der Waals surface area contributed by atoms with Gasteiger partial charge in [-0.05, 0) is 43.9 Å². The lowest BCUT2D eigenvalue weighted by Gasteiger charge is -2.46. The van der Waals surface area contributed by atoms with Gasteiger partial charge in [0.15, 0.2) is 0 Å². The second-order valence-electron chi connectivity index (χ2n) is 5.48. The summed E-state index contributed by atoms with van der Waals surface area (Å²) in [5, 5.41) is 0.